The molecule has 5 rings (SSSR count). The summed E-state index contributed by atoms with van der Waals surface area (Å²) in [5, 5.41) is 6.94. The molecule has 9 heteroatoms. The number of amides is 2. The van der Waals surface area contributed by atoms with Crippen LogP contribution in [0.4, 0.5) is 17.1 Å². The van der Waals surface area contributed by atoms with E-state index in [-0.39, 0.29) is 11.8 Å². The van der Waals surface area contributed by atoms with E-state index in [0.717, 1.165) is 46.5 Å². The molecule has 39 heavy (non-hydrogen) atoms. The number of aromatic nitrogens is 2. The van der Waals surface area contributed by atoms with Crippen molar-refractivity contribution < 1.29 is 9.59 Å². The lowest BCUT2D eigenvalue weighted by Gasteiger charge is -2.23. The lowest BCUT2D eigenvalue weighted by Crippen LogP contribution is -2.31. The number of nitrogens with zero attached hydrogens (tertiary/aromatic N) is 4. The van der Waals surface area contributed by atoms with Crippen molar-refractivity contribution in [3.8, 4) is 0 Å². The van der Waals surface area contributed by atoms with Gasteiger partial charge >= 0.3 is 0 Å². The van der Waals surface area contributed by atoms with Crippen molar-refractivity contribution in [2.45, 2.75) is 13.3 Å². The fourth-order valence-corrected chi connectivity index (χ4v) is 4.85. The van der Waals surface area contributed by atoms with Crippen LogP contribution in [0.1, 0.15) is 24.5 Å². The summed E-state index contributed by atoms with van der Waals surface area (Å²) >= 11 is 6.19. The van der Waals surface area contributed by atoms with E-state index in [2.05, 4.69) is 25.5 Å². The Labute approximate surface area is 232 Å². The second kappa shape index (κ2) is 11.2. The number of nitrogens with one attached hydrogen (secondary N) is 2. The van der Waals surface area contributed by atoms with Crippen LogP contribution in [0.2, 0.25) is 5.02 Å². The van der Waals surface area contributed by atoms with Crippen LogP contribution in [0, 0.1) is 0 Å². The lowest BCUT2D eigenvalue weighted by molar-refractivity contribution is -0.116. The second-order valence-electron chi connectivity index (χ2n) is 9.65. The summed E-state index contributed by atoms with van der Waals surface area (Å²) in [5.74, 6) is -0.235. The highest BCUT2D eigenvalue weighted by Gasteiger charge is 2.29. The van der Waals surface area contributed by atoms with E-state index in [1.54, 1.807) is 36.4 Å². The zero-order chi connectivity index (χ0) is 27.5. The van der Waals surface area contributed by atoms with E-state index in [1.165, 1.54) is 0 Å². The number of benzene rings is 3. The monoisotopic (exact) mass is 540 g/mol. The van der Waals surface area contributed by atoms with Gasteiger partial charge in [0.15, 0.2) is 0 Å². The molecule has 0 saturated carbocycles. The predicted octanol–water partition coefficient (Wildman–Crippen LogP) is 5.52. The SMILES string of the molecule is CC(=O)N(CCCN(C)C)c1ccc(NC(=C2C(=O)Nc3cc(Cl)ccc32)c2ccc3nccnc3c2)cc1. The summed E-state index contributed by atoms with van der Waals surface area (Å²) in [7, 11) is 4.04. The van der Waals surface area contributed by atoms with Gasteiger partial charge in [0.1, 0.15) is 0 Å². The molecule has 0 radical (unpaired) electrons. The highest BCUT2D eigenvalue weighted by molar-refractivity contribution is 6.38. The van der Waals surface area contributed by atoms with E-state index in [4.69, 9.17) is 11.6 Å². The molecule has 0 spiro atoms. The molecular weight excluding hydrogens is 512 g/mol. The Hall–Kier alpha value is -4.27. The molecule has 4 aromatic rings. The third-order valence-corrected chi connectivity index (χ3v) is 6.78. The number of fused-ring (bicyclic) bond motifs is 2. The van der Waals surface area contributed by atoms with Crippen molar-refractivity contribution in [2.24, 2.45) is 0 Å². The minimum atomic E-state index is -0.228. The van der Waals surface area contributed by atoms with Crippen molar-refractivity contribution >= 4 is 62.8 Å². The molecule has 0 aliphatic carbocycles. The minimum absolute atomic E-state index is 0.00700. The first-order chi connectivity index (χ1) is 18.8. The molecule has 1 aromatic heterocycles. The van der Waals surface area contributed by atoms with Crippen molar-refractivity contribution in [2.75, 3.05) is 42.7 Å². The molecule has 0 saturated heterocycles. The van der Waals surface area contributed by atoms with Gasteiger partial charge in [0, 0.05) is 53.4 Å². The minimum Gasteiger partial charge on any atom is -0.354 e. The maximum Gasteiger partial charge on any atom is 0.258 e. The zero-order valence-electron chi connectivity index (χ0n) is 22.0. The summed E-state index contributed by atoms with van der Waals surface area (Å²) in [4.78, 5) is 38.3. The number of hydrogen-bond acceptors (Lipinski definition) is 6. The van der Waals surface area contributed by atoms with E-state index in [9.17, 15) is 9.59 Å². The van der Waals surface area contributed by atoms with Gasteiger partial charge in [0.2, 0.25) is 5.91 Å². The molecule has 2 amide bonds. The number of carbonyl (C=O) groups excluding carboxylic acids is 2. The second-order valence-corrected chi connectivity index (χ2v) is 10.1. The first-order valence-electron chi connectivity index (χ1n) is 12.7. The Balaban J connectivity index is 1.53. The number of rotatable bonds is 8. The van der Waals surface area contributed by atoms with Crippen LogP contribution in [0.5, 0.6) is 0 Å². The van der Waals surface area contributed by atoms with E-state index >= 15 is 0 Å². The molecular formula is C30H29ClN6O2. The summed E-state index contributed by atoms with van der Waals surface area (Å²) in [6.07, 6.45) is 4.16. The lowest BCUT2D eigenvalue weighted by atomic mass is 9.99. The van der Waals surface area contributed by atoms with Gasteiger partial charge in [-0.05, 0) is 75.6 Å². The van der Waals surface area contributed by atoms with Gasteiger partial charge in [-0.1, -0.05) is 23.7 Å². The van der Waals surface area contributed by atoms with Gasteiger partial charge in [-0.2, -0.15) is 0 Å². The Morgan fingerprint density at radius 1 is 0.949 bits per heavy atom. The van der Waals surface area contributed by atoms with Crippen molar-refractivity contribution in [3.63, 3.8) is 0 Å². The molecule has 0 bridgehead atoms. The van der Waals surface area contributed by atoms with Crippen LogP contribution in [-0.4, -0.2) is 53.9 Å². The molecule has 0 unspecified atom stereocenters. The van der Waals surface area contributed by atoms with Gasteiger partial charge in [-0.25, -0.2) is 0 Å². The van der Waals surface area contributed by atoms with Crippen LogP contribution in [0.15, 0.2) is 73.1 Å². The zero-order valence-corrected chi connectivity index (χ0v) is 22.8. The number of halogens is 1. The van der Waals surface area contributed by atoms with Crippen LogP contribution >= 0.6 is 11.6 Å². The molecule has 0 atom stereocenters. The van der Waals surface area contributed by atoms with E-state index in [0.29, 0.717) is 28.5 Å². The topological polar surface area (TPSA) is 90.5 Å². The maximum atomic E-state index is 13.3. The summed E-state index contributed by atoms with van der Waals surface area (Å²) in [6, 6.07) is 18.7. The van der Waals surface area contributed by atoms with Crippen LogP contribution in [0.3, 0.4) is 0 Å². The van der Waals surface area contributed by atoms with Crippen LogP contribution < -0.4 is 15.5 Å². The summed E-state index contributed by atoms with van der Waals surface area (Å²) < 4.78 is 0. The molecule has 198 valence electrons. The molecule has 8 nitrogen and oxygen atoms in total. The van der Waals surface area contributed by atoms with Crippen molar-refractivity contribution in [1.29, 1.82) is 0 Å². The molecule has 3 aromatic carbocycles. The first kappa shape index (κ1) is 26.3. The number of carbonyl (C=O) groups is 2. The standard InChI is InChI=1S/C30H29ClN6O2/c1-19(38)37(16-4-15-36(2)3)23-9-7-22(8-10-23)34-29(20-5-12-25-27(17-20)33-14-13-32-25)28-24-11-6-21(31)18-26(24)35-30(28)39/h5-14,17-18,34H,4,15-16H2,1-3H3,(H,35,39). The largest absolute Gasteiger partial charge is 0.354 e. The Morgan fingerprint density at radius 2 is 1.69 bits per heavy atom. The van der Waals surface area contributed by atoms with Gasteiger partial charge < -0.3 is 20.4 Å². The van der Waals surface area contributed by atoms with Crippen LogP contribution in [0.25, 0.3) is 22.3 Å². The third-order valence-electron chi connectivity index (χ3n) is 6.55. The van der Waals surface area contributed by atoms with Crippen molar-refractivity contribution in [3.05, 3.63) is 89.2 Å². The number of hydrogen-bond donors (Lipinski definition) is 2. The predicted molar refractivity (Wildman–Crippen MR) is 158 cm³/mol. The van der Waals surface area contributed by atoms with Crippen molar-refractivity contribution in [1.82, 2.24) is 14.9 Å². The molecule has 1 aliphatic rings. The molecule has 2 N–H and O–H groups in total. The fraction of sp³-hybridized carbons (Fsp3) is 0.200. The maximum absolute atomic E-state index is 13.3. The summed E-state index contributed by atoms with van der Waals surface area (Å²) in [5.41, 5.74) is 6.40. The van der Waals surface area contributed by atoms with Gasteiger partial charge in [0.05, 0.1) is 28.0 Å². The van der Waals surface area contributed by atoms with E-state index in [1.807, 2.05) is 62.6 Å². The quantitative estimate of drug-likeness (QED) is 0.286. The highest BCUT2D eigenvalue weighted by atomic mass is 35.5. The first-order valence-corrected chi connectivity index (χ1v) is 13.0. The summed E-state index contributed by atoms with van der Waals surface area (Å²) in [6.45, 7) is 3.10. The van der Waals surface area contributed by atoms with Crippen LogP contribution in [-0.2, 0) is 9.59 Å². The van der Waals surface area contributed by atoms with Gasteiger partial charge in [-0.15, -0.1) is 0 Å². The Kier molecular flexibility index (Phi) is 7.58. The molecule has 2 heterocycles. The average Bonchev–Trinajstić information content (AvgIpc) is 3.24. The highest BCUT2D eigenvalue weighted by Crippen LogP contribution is 2.39. The molecule has 1 aliphatic heterocycles. The molecule has 0 fully saturated rings. The Morgan fingerprint density at radius 3 is 2.41 bits per heavy atom. The van der Waals surface area contributed by atoms with Gasteiger partial charge in [-0.3, -0.25) is 19.6 Å². The third kappa shape index (κ3) is 5.77. The van der Waals surface area contributed by atoms with E-state index < -0.39 is 0 Å². The number of anilines is 3. The van der Waals surface area contributed by atoms with Gasteiger partial charge in [0.25, 0.3) is 5.91 Å². The smallest absolute Gasteiger partial charge is 0.258 e. The normalized spacial score (nSPS) is 13.8. The fourth-order valence-electron chi connectivity index (χ4n) is 4.67. The average molecular weight is 541 g/mol. The Bertz CT molecular complexity index is 1580.